The molecule has 68 valence electrons. The van der Waals surface area contributed by atoms with Gasteiger partial charge >= 0.3 is 0 Å². The lowest BCUT2D eigenvalue weighted by Crippen LogP contribution is -1.87. The zero-order chi connectivity index (χ0) is 9.68. The lowest BCUT2D eigenvalue weighted by atomic mass is 10.1. The van der Waals surface area contributed by atoms with Crippen molar-refractivity contribution in [1.82, 2.24) is 0 Å². The second-order valence-corrected chi connectivity index (χ2v) is 4.07. The first kappa shape index (κ1) is 10.8. The Morgan fingerprint density at radius 2 is 2.15 bits per heavy atom. The van der Waals surface area contributed by atoms with Crippen molar-refractivity contribution in [2.75, 3.05) is 5.33 Å². The van der Waals surface area contributed by atoms with E-state index in [-0.39, 0.29) is 0 Å². The minimum absolute atomic E-state index is 0.728. The summed E-state index contributed by atoms with van der Waals surface area (Å²) in [7, 11) is 0. The van der Waals surface area contributed by atoms with Gasteiger partial charge in [-0.2, -0.15) is 0 Å². The third kappa shape index (κ3) is 3.17. The Kier molecular flexibility index (Phi) is 4.55. The van der Waals surface area contributed by atoms with Crippen LogP contribution in [0, 0.1) is 11.8 Å². The quantitative estimate of drug-likeness (QED) is 0.547. The molecule has 0 aromatic heterocycles. The van der Waals surface area contributed by atoms with E-state index >= 15 is 0 Å². The number of hydrogen-bond donors (Lipinski definition) is 0. The van der Waals surface area contributed by atoms with Gasteiger partial charge in [-0.15, -0.1) is 0 Å². The van der Waals surface area contributed by atoms with Crippen LogP contribution in [0.5, 0.6) is 0 Å². The van der Waals surface area contributed by atoms with E-state index in [0.29, 0.717) is 0 Å². The van der Waals surface area contributed by atoms with Crippen molar-refractivity contribution in [3.8, 4) is 11.8 Å². The molecule has 0 aliphatic carbocycles. The summed E-state index contributed by atoms with van der Waals surface area (Å²) in [6, 6.07) is 6.20. The van der Waals surface area contributed by atoms with Crippen LogP contribution < -0.4 is 0 Å². The van der Waals surface area contributed by atoms with Gasteiger partial charge in [0.05, 0.1) is 5.33 Å². The molecular weight excluding hydrogens is 292 g/mol. The molecule has 0 aliphatic heterocycles. The molecule has 0 heterocycles. The van der Waals surface area contributed by atoms with Crippen LogP contribution in [0.4, 0.5) is 0 Å². The zero-order valence-electron chi connectivity index (χ0n) is 7.40. The SMILES string of the molecule is CCc1cc(Br)ccc1C#CCBr. The molecule has 0 N–H and O–H groups in total. The lowest BCUT2D eigenvalue weighted by Gasteiger charge is -2.01. The highest BCUT2D eigenvalue weighted by Crippen LogP contribution is 2.16. The molecule has 0 saturated carbocycles. The molecule has 0 spiro atoms. The zero-order valence-corrected chi connectivity index (χ0v) is 10.6. The number of benzene rings is 1. The molecule has 1 rings (SSSR count). The van der Waals surface area contributed by atoms with Gasteiger partial charge in [-0.05, 0) is 30.2 Å². The fourth-order valence-corrected chi connectivity index (χ4v) is 1.65. The third-order valence-corrected chi connectivity index (χ3v) is 2.51. The average Bonchev–Trinajstić information content (AvgIpc) is 2.16. The molecule has 1 aromatic rings. The van der Waals surface area contributed by atoms with Gasteiger partial charge in [-0.1, -0.05) is 50.6 Å². The molecular formula is C11H10Br2. The van der Waals surface area contributed by atoms with Crippen molar-refractivity contribution in [3.05, 3.63) is 33.8 Å². The molecule has 0 saturated heterocycles. The largest absolute Gasteiger partial charge is 0.0863 e. The van der Waals surface area contributed by atoms with Crippen molar-refractivity contribution in [3.63, 3.8) is 0 Å². The number of aryl methyl sites for hydroxylation is 1. The van der Waals surface area contributed by atoms with Crippen LogP contribution in [0.3, 0.4) is 0 Å². The summed E-state index contributed by atoms with van der Waals surface area (Å²) in [6.07, 6.45) is 1.02. The second kappa shape index (κ2) is 5.47. The van der Waals surface area contributed by atoms with Gasteiger partial charge in [0.1, 0.15) is 0 Å². The van der Waals surface area contributed by atoms with E-state index in [0.717, 1.165) is 21.8 Å². The lowest BCUT2D eigenvalue weighted by molar-refractivity contribution is 1.13. The van der Waals surface area contributed by atoms with Crippen molar-refractivity contribution < 1.29 is 0 Å². The van der Waals surface area contributed by atoms with E-state index < -0.39 is 0 Å². The molecule has 0 radical (unpaired) electrons. The van der Waals surface area contributed by atoms with Gasteiger partial charge in [0.15, 0.2) is 0 Å². The molecule has 2 heteroatoms. The molecule has 0 nitrogen and oxygen atoms in total. The summed E-state index contributed by atoms with van der Waals surface area (Å²) in [5.74, 6) is 6.13. The Balaban J connectivity index is 3.06. The Labute approximate surface area is 96.0 Å². The predicted octanol–water partition coefficient (Wildman–Crippen LogP) is 3.76. The van der Waals surface area contributed by atoms with Gasteiger partial charge in [-0.25, -0.2) is 0 Å². The Hall–Kier alpha value is -0.260. The topological polar surface area (TPSA) is 0 Å². The summed E-state index contributed by atoms with van der Waals surface area (Å²) in [5, 5.41) is 0.728. The molecule has 1 aromatic carbocycles. The van der Waals surface area contributed by atoms with Gasteiger partial charge in [0, 0.05) is 10.0 Å². The first-order valence-electron chi connectivity index (χ1n) is 4.11. The predicted molar refractivity (Wildman–Crippen MR) is 64.2 cm³/mol. The maximum absolute atomic E-state index is 3.45. The molecule has 0 aliphatic rings. The summed E-state index contributed by atoms with van der Waals surface area (Å²) >= 11 is 6.73. The van der Waals surface area contributed by atoms with Crippen LogP contribution in [-0.2, 0) is 6.42 Å². The third-order valence-electron chi connectivity index (χ3n) is 1.74. The van der Waals surface area contributed by atoms with E-state index in [1.807, 2.05) is 6.07 Å². The highest BCUT2D eigenvalue weighted by Gasteiger charge is 1.97. The highest BCUT2D eigenvalue weighted by atomic mass is 79.9. The van der Waals surface area contributed by atoms with E-state index in [1.165, 1.54) is 5.56 Å². The van der Waals surface area contributed by atoms with E-state index in [4.69, 9.17) is 0 Å². The number of rotatable bonds is 1. The van der Waals surface area contributed by atoms with Crippen molar-refractivity contribution in [2.24, 2.45) is 0 Å². The van der Waals surface area contributed by atoms with Crippen LogP contribution >= 0.6 is 31.9 Å². The van der Waals surface area contributed by atoms with Crippen LogP contribution in [0.15, 0.2) is 22.7 Å². The summed E-state index contributed by atoms with van der Waals surface area (Å²) < 4.78 is 1.12. The summed E-state index contributed by atoms with van der Waals surface area (Å²) in [5.41, 5.74) is 2.42. The summed E-state index contributed by atoms with van der Waals surface area (Å²) in [4.78, 5) is 0. The molecule has 0 bridgehead atoms. The molecule has 0 fully saturated rings. The maximum atomic E-state index is 3.45. The molecule has 0 atom stereocenters. The van der Waals surface area contributed by atoms with Crippen molar-refractivity contribution in [2.45, 2.75) is 13.3 Å². The Bertz CT molecular complexity index is 345. The number of hydrogen-bond acceptors (Lipinski definition) is 0. The van der Waals surface area contributed by atoms with E-state index in [2.05, 4.69) is 62.8 Å². The average molecular weight is 302 g/mol. The normalized spacial score (nSPS) is 9.15. The minimum atomic E-state index is 0.728. The van der Waals surface area contributed by atoms with Gasteiger partial charge in [0.2, 0.25) is 0 Å². The first-order chi connectivity index (χ1) is 6.27. The van der Waals surface area contributed by atoms with Gasteiger partial charge in [0.25, 0.3) is 0 Å². The number of halogens is 2. The Morgan fingerprint density at radius 1 is 1.38 bits per heavy atom. The second-order valence-electron chi connectivity index (χ2n) is 2.59. The van der Waals surface area contributed by atoms with Gasteiger partial charge in [-0.3, -0.25) is 0 Å². The summed E-state index contributed by atoms with van der Waals surface area (Å²) in [6.45, 7) is 2.14. The van der Waals surface area contributed by atoms with Crippen LogP contribution in [0.2, 0.25) is 0 Å². The van der Waals surface area contributed by atoms with Gasteiger partial charge < -0.3 is 0 Å². The van der Waals surface area contributed by atoms with Crippen LogP contribution in [0.1, 0.15) is 18.1 Å². The molecule has 13 heavy (non-hydrogen) atoms. The monoisotopic (exact) mass is 300 g/mol. The van der Waals surface area contributed by atoms with Crippen LogP contribution in [0.25, 0.3) is 0 Å². The van der Waals surface area contributed by atoms with E-state index in [1.54, 1.807) is 0 Å². The molecule has 0 unspecified atom stereocenters. The fourth-order valence-electron chi connectivity index (χ4n) is 1.11. The van der Waals surface area contributed by atoms with Crippen molar-refractivity contribution in [1.29, 1.82) is 0 Å². The number of alkyl halides is 1. The standard InChI is InChI=1S/C11H10Br2/c1-2-9-8-11(13)6-5-10(9)4-3-7-12/h5-6,8H,2,7H2,1H3. The highest BCUT2D eigenvalue weighted by molar-refractivity contribution is 9.10. The first-order valence-corrected chi connectivity index (χ1v) is 6.02. The fraction of sp³-hybridized carbons (Fsp3) is 0.273. The maximum Gasteiger partial charge on any atom is 0.0649 e. The van der Waals surface area contributed by atoms with E-state index in [9.17, 15) is 0 Å². The smallest absolute Gasteiger partial charge is 0.0649 e. The molecule has 0 amide bonds. The van der Waals surface area contributed by atoms with Crippen LogP contribution in [-0.4, -0.2) is 5.33 Å². The Morgan fingerprint density at radius 3 is 2.77 bits per heavy atom. The van der Waals surface area contributed by atoms with Crippen molar-refractivity contribution >= 4 is 31.9 Å². The minimum Gasteiger partial charge on any atom is -0.0863 e.